The zero-order valence-corrected chi connectivity index (χ0v) is 14.9. The molecule has 0 aromatic heterocycles. The maximum atomic E-state index is 5.98. The van der Waals surface area contributed by atoms with E-state index in [0.717, 1.165) is 49.5 Å². The second-order valence-corrected chi connectivity index (χ2v) is 6.08. The van der Waals surface area contributed by atoms with E-state index in [1.165, 1.54) is 11.1 Å². The van der Waals surface area contributed by atoms with Gasteiger partial charge in [-0.2, -0.15) is 0 Å². The molecule has 0 amide bonds. The smallest absolute Gasteiger partial charge is 0.161 e. The fourth-order valence-electron chi connectivity index (χ4n) is 2.83. The summed E-state index contributed by atoms with van der Waals surface area (Å²) in [6.07, 6.45) is 3.33. The first-order valence-electron chi connectivity index (χ1n) is 8.37. The number of nitrogen functional groups attached to an aromatic ring is 1. The summed E-state index contributed by atoms with van der Waals surface area (Å²) in [4.78, 5) is 2.33. The van der Waals surface area contributed by atoms with E-state index in [9.17, 15) is 0 Å². The summed E-state index contributed by atoms with van der Waals surface area (Å²) in [5.41, 5.74) is 9.36. The van der Waals surface area contributed by atoms with Gasteiger partial charge in [0.05, 0.1) is 14.2 Å². The van der Waals surface area contributed by atoms with Gasteiger partial charge in [0.25, 0.3) is 0 Å². The molecule has 0 atom stereocenters. The Morgan fingerprint density at radius 3 is 2.42 bits per heavy atom. The summed E-state index contributed by atoms with van der Waals surface area (Å²) in [6, 6.07) is 14.2. The number of para-hydroxylation sites is 1. The van der Waals surface area contributed by atoms with Gasteiger partial charge in [-0.15, -0.1) is 0 Å². The Balaban J connectivity index is 1.77. The van der Waals surface area contributed by atoms with E-state index in [4.69, 9.17) is 15.2 Å². The zero-order valence-electron chi connectivity index (χ0n) is 14.9. The van der Waals surface area contributed by atoms with E-state index >= 15 is 0 Å². The molecule has 2 aromatic carbocycles. The number of aryl methyl sites for hydroxylation is 1. The maximum Gasteiger partial charge on any atom is 0.161 e. The molecule has 4 heteroatoms. The number of anilines is 1. The fraction of sp³-hybridized carbons (Fsp3) is 0.400. The monoisotopic (exact) mass is 328 g/mol. The Morgan fingerprint density at radius 2 is 1.71 bits per heavy atom. The minimum absolute atomic E-state index is 0.768. The van der Waals surface area contributed by atoms with E-state index in [1.807, 2.05) is 24.3 Å². The molecule has 130 valence electrons. The molecule has 2 aromatic rings. The van der Waals surface area contributed by atoms with Crippen molar-refractivity contribution in [1.82, 2.24) is 4.90 Å². The van der Waals surface area contributed by atoms with Crippen LogP contribution in [0, 0.1) is 0 Å². The second kappa shape index (κ2) is 9.18. The summed E-state index contributed by atoms with van der Waals surface area (Å²) in [5.74, 6) is 1.55. The van der Waals surface area contributed by atoms with E-state index < -0.39 is 0 Å². The van der Waals surface area contributed by atoms with Crippen molar-refractivity contribution >= 4 is 5.69 Å². The first-order valence-corrected chi connectivity index (χ1v) is 8.37. The number of hydrogen-bond donors (Lipinski definition) is 1. The van der Waals surface area contributed by atoms with Crippen molar-refractivity contribution in [2.24, 2.45) is 0 Å². The van der Waals surface area contributed by atoms with Crippen LogP contribution in [0.2, 0.25) is 0 Å². The summed E-state index contributed by atoms with van der Waals surface area (Å²) in [5, 5.41) is 0. The predicted octanol–water partition coefficient (Wildman–Crippen LogP) is 3.74. The number of unbranched alkanes of at least 4 members (excludes halogenated alkanes) is 1. The van der Waals surface area contributed by atoms with Crippen molar-refractivity contribution in [3.05, 3.63) is 53.6 Å². The molecule has 0 heterocycles. The summed E-state index contributed by atoms with van der Waals surface area (Å²) >= 11 is 0. The third-order valence-corrected chi connectivity index (χ3v) is 4.19. The number of hydrogen-bond acceptors (Lipinski definition) is 4. The van der Waals surface area contributed by atoms with Gasteiger partial charge in [-0.3, -0.25) is 0 Å². The molecule has 0 spiro atoms. The zero-order chi connectivity index (χ0) is 17.4. The average molecular weight is 328 g/mol. The summed E-state index contributed by atoms with van der Waals surface area (Å²) in [6.45, 7) is 1.95. The van der Waals surface area contributed by atoms with Crippen molar-refractivity contribution in [1.29, 1.82) is 0 Å². The lowest BCUT2D eigenvalue weighted by Crippen LogP contribution is -2.19. The SMILES string of the molecule is COc1ccc(CN(C)CCCCc2ccccc2N)cc1OC. The molecule has 4 nitrogen and oxygen atoms in total. The predicted molar refractivity (Wildman–Crippen MR) is 99.7 cm³/mol. The Morgan fingerprint density at radius 1 is 0.958 bits per heavy atom. The summed E-state index contributed by atoms with van der Waals surface area (Å²) in [7, 11) is 5.47. The molecule has 0 aliphatic rings. The van der Waals surface area contributed by atoms with Gasteiger partial charge in [-0.05, 0) is 62.2 Å². The lowest BCUT2D eigenvalue weighted by molar-refractivity contribution is 0.316. The average Bonchev–Trinajstić information content (AvgIpc) is 2.60. The van der Waals surface area contributed by atoms with E-state index in [0.29, 0.717) is 0 Å². The molecule has 0 aliphatic heterocycles. The highest BCUT2D eigenvalue weighted by molar-refractivity contribution is 5.46. The molecular weight excluding hydrogens is 300 g/mol. The Labute approximate surface area is 145 Å². The van der Waals surface area contributed by atoms with Gasteiger partial charge < -0.3 is 20.1 Å². The normalized spacial score (nSPS) is 10.8. The van der Waals surface area contributed by atoms with Crippen molar-refractivity contribution in [2.75, 3.05) is 33.5 Å². The molecule has 0 saturated carbocycles. The van der Waals surface area contributed by atoms with Crippen LogP contribution < -0.4 is 15.2 Å². The number of nitrogens with two attached hydrogens (primary N) is 1. The Hall–Kier alpha value is -2.20. The molecule has 24 heavy (non-hydrogen) atoms. The first kappa shape index (κ1) is 18.1. The molecule has 0 saturated heterocycles. The quantitative estimate of drug-likeness (QED) is 0.563. The molecule has 0 radical (unpaired) electrons. The van der Waals surface area contributed by atoms with Gasteiger partial charge >= 0.3 is 0 Å². The van der Waals surface area contributed by atoms with Crippen LogP contribution in [0.25, 0.3) is 0 Å². The number of nitrogens with zero attached hydrogens (tertiary/aromatic N) is 1. The largest absolute Gasteiger partial charge is 0.493 e. The third-order valence-electron chi connectivity index (χ3n) is 4.19. The van der Waals surface area contributed by atoms with Gasteiger partial charge in [0.2, 0.25) is 0 Å². The standard InChI is InChI=1S/C20H28N2O2/c1-22(13-7-6-9-17-8-4-5-10-18(17)21)15-16-11-12-19(23-2)20(14-16)24-3/h4-5,8,10-12,14H,6-7,9,13,15,21H2,1-3H3. The molecule has 2 rings (SSSR count). The Bertz CT molecular complexity index is 643. The van der Waals surface area contributed by atoms with Crippen LogP contribution in [0.5, 0.6) is 11.5 Å². The molecular formula is C20H28N2O2. The summed E-state index contributed by atoms with van der Waals surface area (Å²) < 4.78 is 10.6. The van der Waals surface area contributed by atoms with Gasteiger partial charge in [-0.1, -0.05) is 24.3 Å². The number of benzene rings is 2. The fourth-order valence-corrected chi connectivity index (χ4v) is 2.83. The molecule has 2 N–H and O–H groups in total. The van der Waals surface area contributed by atoms with E-state index in [-0.39, 0.29) is 0 Å². The highest BCUT2D eigenvalue weighted by Gasteiger charge is 2.07. The van der Waals surface area contributed by atoms with Crippen molar-refractivity contribution in [2.45, 2.75) is 25.8 Å². The van der Waals surface area contributed by atoms with Crippen LogP contribution >= 0.6 is 0 Å². The molecule has 0 aliphatic carbocycles. The van der Waals surface area contributed by atoms with Crippen LogP contribution in [0.3, 0.4) is 0 Å². The maximum absolute atomic E-state index is 5.98. The molecule has 0 unspecified atom stereocenters. The van der Waals surface area contributed by atoms with Gasteiger partial charge in [0.1, 0.15) is 0 Å². The van der Waals surface area contributed by atoms with Gasteiger partial charge in [-0.25, -0.2) is 0 Å². The second-order valence-electron chi connectivity index (χ2n) is 6.08. The minimum atomic E-state index is 0.768. The lowest BCUT2D eigenvalue weighted by Gasteiger charge is -2.18. The van der Waals surface area contributed by atoms with Crippen LogP contribution in [0.4, 0.5) is 5.69 Å². The highest BCUT2D eigenvalue weighted by Crippen LogP contribution is 2.27. The van der Waals surface area contributed by atoms with Crippen molar-refractivity contribution in [3.63, 3.8) is 0 Å². The van der Waals surface area contributed by atoms with Crippen molar-refractivity contribution in [3.8, 4) is 11.5 Å². The van der Waals surface area contributed by atoms with Crippen molar-refractivity contribution < 1.29 is 9.47 Å². The number of methoxy groups -OCH3 is 2. The van der Waals surface area contributed by atoms with Crippen LogP contribution in [-0.4, -0.2) is 32.7 Å². The first-order chi connectivity index (χ1) is 11.6. The van der Waals surface area contributed by atoms with Crippen LogP contribution in [0.15, 0.2) is 42.5 Å². The number of ether oxygens (including phenoxy) is 2. The molecule has 0 bridgehead atoms. The topological polar surface area (TPSA) is 47.7 Å². The third kappa shape index (κ3) is 5.17. The van der Waals surface area contributed by atoms with E-state index in [1.54, 1.807) is 14.2 Å². The van der Waals surface area contributed by atoms with E-state index in [2.05, 4.69) is 30.1 Å². The Kier molecular flexibility index (Phi) is 6.94. The lowest BCUT2D eigenvalue weighted by atomic mass is 10.1. The van der Waals surface area contributed by atoms with Gasteiger partial charge in [0, 0.05) is 12.2 Å². The number of rotatable bonds is 9. The molecule has 0 fully saturated rings. The van der Waals surface area contributed by atoms with Crippen LogP contribution in [0.1, 0.15) is 24.0 Å². The van der Waals surface area contributed by atoms with Crippen LogP contribution in [-0.2, 0) is 13.0 Å². The highest BCUT2D eigenvalue weighted by atomic mass is 16.5. The minimum Gasteiger partial charge on any atom is -0.493 e. The van der Waals surface area contributed by atoms with Gasteiger partial charge in [0.15, 0.2) is 11.5 Å².